The summed E-state index contributed by atoms with van der Waals surface area (Å²) in [6.45, 7) is 3.84. The van der Waals surface area contributed by atoms with Crippen molar-refractivity contribution < 1.29 is 29.9 Å². The molecule has 9 nitrogen and oxygen atoms in total. The molecular formula is C40H45Cl2N3O6. The Kier molecular flexibility index (Phi) is 6.06. The number of halogens is 2. The third kappa shape index (κ3) is 3.39. The molecule has 0 amide bonds. The Bertz CT molecular complexity index is 1920. The Morgan fingerprint density at radius 2 is 1.10 bits per heavy atom. The second-order valence-corrected chi connectivity index (χ2v) is 17.8. The molecule has 4 aliphatic heterocycles. The number of H-pyrrole nitrogens is 1. The highest BCUT2D eigenvalue weighted by Gasteiger charge is 2.76. The lowest BCUT2D eigenvalue weighted by Crippen LogP contribution is -2.75. The SMILES string of the molecule is Cl.Cl.Oc1ccc2c3c1O[C@H]1c4[nH]c5c(c4C[C@@]4(O)[C@H](C2)N(CC2CC2)CC[C@]314)C[C@@]1(O)[C@H]2Cc3ccc(O)c4c3[C@@]1(CCN2CC1CC1)[C@H]5O4. The van der Waals surface area contributed by atoms with Gasteiger partial charge in [0, 0.05) is 49.1 Å². The summed E-state index contributed by atoms with van der Waals surface area (Å²) in [5.41, 5.74) is 4.93. The molecule has 2 aromatic carbocycles. The molecule has 2 spiro atoms. The van der Waals surface area contributed by atoms with E-state index in [4.69, 9.17) is 9.47 Å². The molecular weight excluding hydrogens is 689 g/mol. The highest BCUT2D eigenvalue weighted by Crippen LogP contribution is 2.72. The van der Waals surface area contributed by atoms with E-state index in [9.17, 15) is 20.4 Å². The molecule has 0 unspecified atom stereocenters. The third-order valence-electron chi connectivity index (χ3n) is 15.7. The van der Waals surface area contributed by atoms with Gasteiger partial charge >= 0.3 is 0 Å². The summed E-state index contributed by atoms with van der Waals surface area (Å²) in [6.07, 6.45) is 8.06. The van der Waals surface area contributed by atoms with Crippen LogP contribution in [0, 0.1) is 11.8 Å². The predicted octanol–water partition coefficient (Wildman–Crippen LogP) is 4.67. The zero-order valence-corrected chi connectivity index (χ0v) is 30.1. The average Bonchev–Trinajstić information content (AvgIpc) is 3.98. The van der Waals surface area contributed by atoms with Gasteiger partial charge in [-0.3, -0.25) is 9.80 Å². The molecule has 8 atom stereocenters. The van der Waals surface area contributed by atoms with Crippen molar-refractivity contribution in [3.8, 4) is 23.0 Å². The summed E-state index contributed by atoms with van der Waals surface area (Å²) in [5, 5.41) is 49.4. The number of fused-ring (bicyclic) bond motifs is 5. The molecule has 5 N–H and O–H groups in total. The molecule has 1 aromatic heterocycles. The Morgan fingerprint density at radius 3 is 1.51 bits per heavy atom. The zero-order chi connectivity index (χ0) is 32.4. The number of aromatic nitrogens is 1. The number of likely N-dealkylation sites (tertiary alicyclic amines) is 2. The number of aromatic amines is 1. The molecule has 4 bridgehead atoms. The molecule has 3 aromatic rings. The number of aromatic hydroxyl groups is 2. The van der Waals surface area contributed by atoms with Crippen molar-refractivity contribution in [1.82, 2.24) is 14.8 Å². The van der Waals surface area contributed by atoms with Gasteiger partial charge in [0.1, 0.15) is 0 Å². The first-order valence-corrected chi connectivity index (χ1v) is 19.0. The van der Waals surface area contributed by atoms with Gasteiger partial charge in [0.2, 0.25) is 0 Å². The highest BCUT2D eigenvalue weighted by molar-refractivity contribution is 5.85. The lowest BCUT2D eigenvalue weighted by atomic mass is 9.47. The first kappa shape index (κ1) is 31.8. The summed E-state index contributed by atoms with van der Waals surface area (Å²) < 4.78 is 13.9. The number of hydrogen-bond donors (Lipinski definition) is 5. The van der Waals surface area contributed by atoms with E-state index in [1.54, 1.807) is 12.1 Å². The first-order chi connectivity index (χ1) is 23.7. The number of nitrogens with zero attached hydrogens (tertiary/aromatic N) is 2. The van der Waals surface area contributed by atoms with Crippen LogP contribution in [0.4, 0.5) is 0 Å². The smallest absolute Gasteiger partial charge is 0.166 e. The van der Waals surface area contributed by atoms with Crippen LogP contribution >= 0.6 is 24.8 Å². The van der Waals surface area contributed by atoms with Gasteiger partial charge in [-0.25, -0.2) is 0 Å². The number of hydrogen-bond acceptors (Lipinski definition) is 8. The molecule has 10 aliphatic rings. The summed E-state index contributed by atoms with van der Waals surface area (Å²) in [4.78, 5) is 9.05. The van der Waals surface area contributed by atoms with Gasteiger partial charge < -0.3 is 34.9 Å². The van der Waals surface area contributed by atoms with Crippen molar-refractivity contribution in [2.75, 3.05) is 26.2 Å². The van der Waals surface area contributed by atoms with Crippen LogP contribution in [0.1, 0.15) is 95.5 Å². The van der Waals surface area contributed by atoms with Crippen molar-refractivity contribution in [3.63, 3.8) is 0 Å². The molecule has 2 saturated heterocycles. The van der Waals surface area contributed by atoms with Crippen LogP contribution in [-0.2, 0) is 36.5 Å². The summed E-state index contributed by atoms with van der Waals surface area (Å²) in [7, 11) is 0. The Balaban J connectivity index is 0.00000155. The van der Waals surface area contributed by atoms with Crippen molar-refractivity contribution in [1.29, 1.82) is 0 Å². The van der Waals surface area contributed by atoms with Gasteiger partial charge in [-0.05, 0) is 111 Å². The highest BCUT2D eigenvalue weighted by atomic mass is 35.5. The Morgan fingerprint density at radius 1 is 0.667 bits per heavy atom. The van der Waals surface area contributed by atoms with Crippen LogP contribution in [0.3, 0.4) is 0 Å². The normalized spacial score (nSPS) is 39.7. The fourth-order valence-electron chi connectivity index (χ4n) is 13.4. The predicted molar refractivity (Wildman–Crippen MR) is 192 cm³/mol. The minimum absolute atomic E-state index is 0. The zero-order valence-electron chi connectivity index (χ0n) is 28.5. The standard InChI is InChI=1S/C40H43N3O6.2ClH/c44-25-7-5-21-13-27-39(46)15-23-24-16-40(47)28-14-22-6-8-26(45)34-30(22)38(40,10-12-43(28)18-20-3-4-20)36(49-34)32(24)41-31(23)35-37(39,29(21)33(25)48-35)9-11-42(27)17-19-1-2-19;;/h5-8,19-20,27-28,35-36,41,44-47H,1-4,9-18H2;2*1H/t27-,28+,35-,36-,37-,38-,39+,40+;;/m0../s1. The molecule has 6 aliphatic carbocycles. The van der Waals surface area contributed by atoms with Crippen LogP contribution in [-0.4, -0.2) is 84.7 Å². The van der Waals surface area contributed by atoms with E-state index in [1.807, 2.05) is 0 Å². The van der Waals surface area contributed by atoms with E-state index in [0.29, 0.717) is 36.2 Å². The number of rotatable bonds is 4. The van der Waals surface area contributed by atoms with Gasteiger partial charge in [-0.2, -0.15) is 0 Å². The second-order valence-electron chi connectivity index (χ2n) is 17.8. The van der Waals surface area contributed by atoms with E-state index >= 15 is 0 Å². The van der Waals surface area contributed by atoms with Gasteiger partial charge in [0.15, 0.2) is 35.2 Å². The van der Waals surface area contributed by atoms with E-state index in [1.165, 1.54) is 36.8 Å². The lowest BCUT2D eigenvalue weighted by Gasteiger charge is -2.63. The number of piperidine rings is 2. The van der Waals surface area contributed by atoms with Crippen molar-refractivity contribution in [3.05, 3.63) is 69.0 Å². The minimum atomic E-state index is -1.09. The number of phenolic OH excluding ortho intramolecular Hbond substituents is 2. The van der Waals surface area contributed by atoms with Crippen LogP contribution in [0.2, 0.25) is 0 Å². The van der Waals surface area contributed by atoms with Crippen LogP contribution in [0.15, 0.2) is 24.3 Å². The average molecular weight is 735 g/mol. The molecule has 13 rings (SSSR count). The van der Waals surface area contributed by atoms with Crippen LogP contribution < -0.4 is 9.47 Å². The Labute approximate surface area is 309 Å². The molecule has 4 fully saturated rings. The van der Waals surface area contributed by atoms with Crippen LogP contribution in [0.25, 0.3) is 0 Å². The van der Waals surface area contributed by atoms with Crippen molar-refractivity contribution in [2.45, 2.75) is 111 Å². The number of phenols is 2. The molecule has 270 valence electrons. The second kappa shape index (κ2) is 9.71. The van der Waals surface area contributed by atoms with Gasteiger partial charge in [0.05, 0.1) is 33.4 Å². The van der Waals surface area contributed by atoms with Crippen LogP contribution in [0.5, 0.6) is 23.0 Å². The molecule has 51 heavy (non-hydrogen) atoms. The number of nitrogens with one attached hydrogen (secondary N) is 1. The number of aliphatic hydroxyl groups is 2. The minimum Gasteiger partial charge on any atom is -0.504 e. The molecule has 5 heterocycles. The largest absolute Gasteiger partial charge is 0.504 e. The summed E-state index contributed by atoms with van der Waals surface area (Å²) in [5.74, 6) is 2.77. The van der Waals surface area contributed by atoms with Gasteiger partial charge in [-0.1, -0.05) is 12.1 Å². The van der Waals surface area contributed by atoms with E-state index in [0.717, 1.165) is 85.5 Å². The maximum Gasteiger partial charge on any atom is 0.166 e. The van der Waals surface area contributed by atoms with Gasteiger partial charge in [-0.15, -0.1) is 24.8 Å². The number of ether oxygens (including phenoxy) is 2. The topological polar surface area (TPSA) is 122 Å². The first-order valence-electron chi connectivity index (χ1n) is 19.0. The van der Waals surface area contributed by atoms with Gasteiger partial charge in [0.25, 0.3) is 0 Å². The summed E-state index contributed by atoms with van der Waals surface area (Å²) in [6, 6.07) is 7.56. The number of benzene rings is 2. The quantitative estimate of drug-likeness (QED) is 0.263. The van der Waals surface area contributed by atoms with Crippen molar-refractivity contribution >= 4 is 24.8 Å². The fraction of sp³-hybridized carbons (Fsp3) is 0.600. The van der Waals surface area contributed by atoms with E-state index in [2.05, 4.69) is 26.9 Å². The fourth-order valence-corrected chi connectivity index (χ4v) is 13.4. The van der Waals surface area contributed by atoms with E-state index in [-0.39, 0.29) is 48.4 Å². The maximum absolute atomic E-state index is 13.5. The monoisotopic (exact) mass is 733 g/mol. The maximum atomic E-state index is 13.5. The molecule has 2 saturated carbocycles. The molecule has 11 heteroatoms. The lowest BCUT2D eigenvalue weighted by molar-refractivity contribution is -0.176. The molecule has 0 radical (unpaired) electrons. The Hall–Kier alpha value is -2.66. The summed E-state index contributed by atoms with van der Waals surface area (Å²) >= 11 is 0. The third-order valence-corrected chi connectivity index (χ3v) is 15.7. The van der Waals surface area contributed by atoms with Crippen molar-refractivity contribution in [2.24, 2.45) is 11.8 Å². The van der Waals surface area contributed by atoms with E-state index < -0.39 is 34.2 Å².